The molecule has 0 amide bonds. The Kier molecular flexibility index (Phi) is 4.42. The molecule has 0 aliphatic carbocycles. The van der Waals surface area contributed by atoms with Crippen molar-refractivity contribution in [3.05, 3.63) is 57.2 Å². The molecule has 98 valence electrons. The third-order valence-corrected chi connectivity index (χ3v) is 3.31. The maximum atomic E-state index is 11.2. The lowest BCUT2D eigenvalue weighted by Crippen LogP contribution is -1.97. The van der Waals surface area contributed by atoms with Crippen LogP contribution in [0.15, 0.2) is 42.5 Å². The maximum Gasteiger partial charge on any atom is 0.163 e. The zero-order valence-corrected chi connectivity index (χ0v) is 12.5. The number of aromatic hydroxyl groups is 1. The van der Waals surface area contributed by atoms with E-state index in [0.29, 0.717) is 17.9 Å². The Morgan fingerprint density at radius 1 is 1.26 bits per heavy atom. The van der Waals surface area contributed by atoms with E-state index in [2.05, 4.69) is 22.6 Å². The van der Waals surface area contributed by atoms with Gasteiger partial charge >= 0.3 is 0 Å². The van der Waals surface area contributed by atoms with Crippen LogP contribution in [0.1, 0.15) is 22.8 Å². The zero-order chi connectivity index (χ0) is 13.8. The summed E-state index contributed by atoms with van der Waals surface area (Å²) >= 11 is 2.24. The molecular weight excluding hydrogens is 355 g/mol. The standard InChI is InChI=1S/C15H13IO3/c1-10(17)14-6-5-13(8-15(14)18)19-9-11-3-2-4-12(16)7-11/h2-8,18H,9H2,1H3. The van der Waals surface area contributed by atoms with Crippen molar-refractivity contribution < 1.29 is 14.6 Å². The van der Waals surface area contributed by atoms with Crippen molar-refractivity contribution in [1.82, 2.24) is 0 Å². The molecule has 19 heavy (non-hydrogen) atoms. The molecule has 2 aromatic carbocycles. The Morgan fingerprint density at radius 2 is 2.05 bits per heavy atom. The largest absolute Gasteiger partial charge is 0.507 e. The predicted octanol–water partition coefficient (Wildman–Crippen LogP) is 3.78. The molecule has 0 fully saturated rings. The summed E-state index contributed by atoms with van der Waals surface area (Å²) in [6, 6.07) is 12.7. The topological polar surface area (TPSA) is 46.5 Å². The van der Waals surface area contributed by atoms with Crippen molar-refractivity contribution in [2.24, 2.45) is 0 Å². The van der Waals surface area contributed by atoms with Gasteiger partial charge < -0.3 is 9.84 Å². The SMILES string of the molecule is CC(=O)c1ccc(OCc2cccc(I)c2)cc1O. The number of benzene rings is 2. The highest BCUT2D eigenvalue weighted by atomic mass is 127. The first-order valence-electron chi connectivity index (χ1n) is 5.77. The lowest BCUT2D eigenvalue weighted by Gasteiger charge is -2.08. The van der Waals surface area contributed by atoms with E-state index in [1.807, 2.05) is 24.3 Å². The third-order valence-electron chi connectivity index (χ3n) is 2.64. The lowest BCUT2D eigenvalue weighted by molar-refractivity contribution is 0.101. The lowest BCUT2D eigenvalue weighted by atomic mass is 10.1. The van der Waals surface area contributed by atoms with Gasteiger partial charge in [0, 0.05) is 9.64 Å². The van der Waals surface area contributed by atoms with E-state index < -0.39 is 0 Å². The number of carbonyl (C=O) groups is 1. The van der Waals surface area contributed by atoms with E-state index in [1.165, 1.54) is 13.0 Å². The van der Waals surface area contributed by atoms with Gasteiger partial charge in [0.1, 0.15) is 18.1 Å². The van der Waals surface area contributed by atoms with Crippen LogP contribution in [-0.4, -0.2) is 10.9 Å². The van der Waals surface area contributed by atoms with Crippen molar-refractivity contribution in [2.75, 3.05) is 0 Å². The Balaban J connectivity index is 2.08. The fraction of sp³-hybridized carbons (Fsp3) is 0.133. The number of phenols is 1. The smallest absolute Gasteiger partial charge is 0.163 e. The molecule has 3 nitrogen and oxygen atoms in total. The van der Waals surface area contributed by atoms with Crippen LogP contribution in [0.2, 0.25) is 0 Å². The van der Waals surface area contributed by atoms with Gasteiger partial charge in [-0.1, -0.05) is 12.1 Å². The van der Waals surface area contributed by atoms with Crippen LogP contribution in [0.5, 0.6) is 11.5 Å². The van der Waals surface area contributed by atoms with E-state index in [0.717, 1.165) is 9.13 Å². The first kappa shape index (κ1) is 13.9. The van der Waals surface area contributed by atoms with E-state index in [9.17, 15) is 9.90 Å². The summed E-state index contributed by atoms with van der Waals surface area (Å²) in [6.45, 7) is 1.84. The minimum absolute atomic E-state index is 0.0485. The average molecular weight is 368 g/mol. The molecule has 0 spiro atoms. The molecule has 0 aliphatic heterocycles. The molecule has 0 saturated heterocycles. The minimum atomic E-state index is -0.165. The Hall–Kier alpha value is -1.56. The first-order valence-corrected chi connectivity index (χ1v) is 6.85. The highest BCUT2D eigenvalue weighted by Gasteiger charge is 2.07. The molecule has 2 aromatic rings. The molecule has 0 radical (unpaired) electrons. The Morgan fingerprint density at radius 3 is 2.68 bits per heavy atom. The number of Topliss-reactive ketones (excluding diaryl/α,β-unsaturated/α-hetero) is 1. The monoisotopic (exact) mass is 368 g/mol. The van der Waals surface area contributed by atoms with Gasteiger partial charge in [0.2, 0.25) is 0 Å². The fourth-order valence-corrected chi connectivity index (χ4v) is 2.30. The molecular formula is C15H13IO3. The van der Waals surface area contributed by atoms with Crippen molar-refractivity contribution in [3.63, 3.8) is 0 Å². The number of hydrogen-bond donors (Lipinski definition) is 1. The molecule has 0 heterocycles. The van der Waals surface area contributed by atoms with Gasteiger partial charge in [-0.05, 0) is 59.3 Å². The van der Waals surface area contributed by atoms with Crippen molar-refractivity contribution in [1.29, 1.82) is 0 Å². The van der Waals surface area contributed by atoms with Gasteiger partial charge in [0.15, 0.2) is 5.78 Å². The summed E-state index contributed by atoms with van der Waals surface area (Å²) in [5, 5.41) is 9.70. The van der Waals surface area contributed by atoms with Crippen LogP contribution in [0.4, 0.5) is 0 Å². The zero-order valence-electron chi connectivity index (χ0n) is 10.4. The molecule has 0 aliphatic rings. The summed E-state index contributed by atoms with van der Waals surface area (Å²) in [4.78, 5) is 11.2. The highest BCUT2D eigenvalue weighted by molar-refractivity contribution is 14.1. The van der Waals surface area contributed by atoms with Gasteiger partial charge in [-0.2, -0.15) is 0 Å². The van der Waals surface area contributed by atoms with E-state index in [4.69, 9.17) is 4.74 Å². The van der Waals surface area contributed by atoms with Crippen LogP contribution in [-0.2, 0) is 6.61 Å². The van der Waals surface area contributed by atoms with Gasteiger partial charge in [-0.3, -0.25) is 4.79 Å². The van der Waals surface area contributed by atoms with Crippen molar-refractivity contribution in [3.8, 4) is 11.5 Å². The normalized spacial score (nSPS) is 10.2. The number of hydrogen-bond acceptors (Lipinski definition) is 3. The summed E-state index contributed by atoms with van der Waals surface area (Å²) in [5.74, 6) is 0.329. The number of ketones is 1. The Labute approximate surface area is 125 Å². The van der Waals surface area contributed by atoms with Gasteiger partial charge in [0.25, 0.3) is 0 Å². The van der Waals surface area contributed by atoms with Gasteiger partial charge in [-0.15, -0.1) is 0 Å². The van der Waals surface area contributed by atoms with Crippen molar-refractivity contribution in [2.45, 2.75) is 13.5 Å². The number of halogens is 1. The average Bonchev–Trinajstić information content (AvgIpc) is 2.36. The van der Waals surface area contributed by atoms with Crippen LogP contribution < -0.4 is 4.74 Å². The van der Waals surface area contributed by atoms with Crippen LogP contribution in [0, 0.1) is 3.57 Å². The van der Waals surface area contributed by atoms with E-state index in [-0.39, 0.29) is 11.5 Å². The molecule has 4 heteroatoms. The van der Waals surface area contributed by atoms with E-state index >= 15 is 0 Å². The molecule has 0 atom stereocenters. The first-order chi connectivity index (χ1) is 9.06. The minimum Gasteiger partial charge on any atom is -0.507 e. The summed E-state index contributed by atoms with van der Waals surface area (Å²) < 4.78 is 6.73. The highest BCUT2D eigenvalue weighted by Crippen LogP contribution is 2.24. The number of ether oxygens (including phenoxy) is 1. The second kappa shape index (κ2) is 6.06. The number of rotatable bonds is 4. The molecule has 0 aromatic heterocycles. The molecule has 0 unspecified atom stereocenters. The molecule has 0 bridgehead atoms. The van der Waals surface area contributed by atoms with Gasteiger partial charge in [0.05, 0.1) is 5.56 Å². The van der Waals surface area contributed by atoms with Crippen LogP contribution in [0.3, 0.4) is 0 Å². The van der Waals surface area contributed by atoms with Crippen LogP contribution >= 0.6 is 22.6 Å². The van der Waals surface area contributed by atoms with Crippen molar-refractivity contribution >= 4 is 28.4 Å². The summed E-state index contributed by atoms with van der Waals surface area (Å²) in [7, 11) is 0. The molecule has 1 N–H and O–H groups in total. The summed E-state index contributed by atoms with van der Waals surface area (Å²) in [5.41, 5.74) is 1.36. The van der Waals surface area contributed by atoms with Crippen LogP contribution in [0.25, 0.3) is 0 Å². The molecule has 0 saturated carbocycles. The third kappa shape index (κ3) is 3.70. The second-order valence-corrected chi connectivity index (χ2v) is 5.40. The quantitative estimate of drug-likeness (QED) is 0.660. The Bertz CT molecular complexity index is 608. The number of phenolic OH excluding ortho intramolecular Hbond substituents is 1. The summed E-state index contributed by atoms with van der Waals surface area (Å²) in [6.07, 6.45) is 0. The maximum absolute atomic E-state index is 11.2. The number of carbonyl (C=O) groups excluding carboxylic acids is 1. The molecule has 2 rings (SSSR count). The van der Waals surface area contributed by atoms with E-state index in [1.54, 1.807) is 12.1 Å². The van der Waals surface area contributed by atoms with Gasteiger partial charge in [-0.25, -0.2) is 0 Å². The second-order valence-electron chi connectivity index (χ2n) is 4.15. The predicted molar refractivity (Wildman–Crippen MR) is 81.6 cm³/mol. The fourth-order valence-electron chi connectivity index (χ4n) is 1.69.